The molecule has 0 unspecified atom stereocenters. The Bertz CT molecular complexity index is 240. The van der Waals surface area contributed by atoms with Crippen LogP contribution in [0.4, 0.5) is 5.82 Å². The normalized spacial score (nSPS) is 10.1. The third-order valence-electron chi connectivity index (χ3n) is 1.82. The first-order valence-electron chi connectivity index (χ1n) is 5.14. The second kappa shape index (κ2) is 6.38. The number of pyridine rings is 1. The van der Waals surface area contributed by atoms with Crippen molar-refractivity contribution in [3.05, 3.63) is 23.9 Å². The van der Waals surface area contributed by atoms with Crippen LogP contribution in [-0.2, 0) is 11.3 Å². The van der Waals surface area contributed by atoms with E-state index in [0.717, 1.165) is 31.1 Å². The molecule has 1 N–H and O–H groups in total. The lowest BCUT2D eigenvalue weighted by molar-refractivity contribution is 0.131. The number of anilines is 1. The summed E-state index contributed by atoms with van der Waals surface area (Å²) in [5.41, 5.74) is 0.980. The minimum atomic E-state index is 0.595. The molecule has 3 heteroatoms. The molecule has 0 bridgehead atoms. The van der Waals surface area contributed by atoms with E-state index in [1.54, 1.807) is 0 Å². The summed E-state index contributed by atoms with van der Waals surface area (Å²) < 4.78 is 5.29. The maximum Gasteiger partial charge on any atom is 0.126 e. The van der Waals surface area contributed by atoms with Crippen LogP contribution in [0.15, 0.2) is 18.2 Å². The molecule has 0 aromatic carbocycles. The van der Waals surface area contributed by atoms with Crippen LogP contribution in [0.25, 0.3) is 0 Å². The molecule has 0 fully saturated rings. The fourth-order valence-electron chi connectivity index (χ4n) is 1.12. The zero-order valence-corrected chi connectivity index (χ0v) is 8.92. The molecule has 0 saturated carbocycles. The summed E-state index contributed by atoms with van der Waals surface area (Å²) in [5.74, 6) is 0.934. The molecular formula is C11H18N2O. The fraction of sp³-hybridized carbons (Fsp3) is 0.545. The van der Waals surface area contributed by atoms with Crippen LogP contribution in [0.3, 0.4) is 0 Å². The predicted molar refractivity (Wildman–Crippen MR) is 58.3 cm³/mol. The molecule has 0 aliphatic rings. The van der Waals surface area contributed by atoms with E-state index in [2.05, 4.69) is 17.2 Å². The van der Waals surface area contributed by atoms with Gasteiger partial charge in [-0.25, -0.2) is 4.98 Å². The van der Waals surface area contributed by atoms with E-state index >= 15 is 0 Å². The lowest BCUT2D eigenvalue weighted by atomic mass is 10.3. The third-order valence-corrected chi connectivity index (χ3v) is 1.82. The summed E-state index contributed by atoms with van der Waals surface area (Å²) in [4.78, 5) is 4.41. The number of ether oxygens (including phenoxy) is 1. The zero-order valence-electron chi connectivity index (χ0n) is 8.92. The van der Waals surface area contributed by atoms with E-state index in [9.17, 15) is 0 Å². The van der Waals surface area contributed by atoms with Gasteiger partial charge in [-0.3, -0.25) is 0 Å². The minimum absolute atomic E-state index is 0.595. The topological polar surface area (TPSA) is 34.1 Å². The third kappa shape index (κ3) is 3.75. The van der Waals surface area contributed by atoms with Crippen molar-refractivity contribution >= 4 is 5.82 Å². The second-order valence-electron chi connectivity index (χ2n) is 3.08. The number of hydrogen-bond donors (Lipinski definition) is 1. The maximum absolute atomic E-state index is 5.29. The maximum atomic E-state index is 5.29. The van der Waals surface area contributed by atoms with Crippen LogP contribution in [0.1, 0.15) is 26.0 Å². The molecule has 14 heavy (non-hydrogen) atoms. The molecule has 1 aromatic rings. The second-order valence-corrected chi connectivity index (χ2v) is 3.08. The van der Waals surface area contributed by atoms with Crippen LogP contribution < -0.4 is 5.32 Å². The van der Waals surface area contributed by atoms with E-state index in [1.165, 1.54) is 0 Å². The van der Waals surface area contributed by atoms with Gasteiger partial charge in [-0.05, 0) is 25.5 Å². The molecule has 3 nitrogen and oxygen atoms in total. The minimum Gasteiger partial charge on any atom is -0.375 e. The molecule has 1 heterocycles. The Labute approximate surface area is 85.5 Å². The largest absolute Gasteiger partial charge is 0.375 e. The highest BCUT2D eigenvalue weighted by molar-refractivity contribution is 5.34. The molecule has 0 aliphatic carbocycles. The highest BCUT2D eigenvalue weighted by Gasteiger charge is 1.96. The van der Waals surface area contributed by atoms with E-state index < -0.39 is 0 Å². The highest BCUT2D eigenvalue weighted by Crippen LogP contribution is 2.05. The zero-order chi connectivity index (χ0) is 10.2. The van der Waals surface area contributed by atoms with Crippen molar-refractivity contribution in [1.29, 1.82) is 0 Å². The summed E-state index contributed by atoms with van der Waals surface area (Å²) in [6, 6.07) is 5.96. The average Bonchev–Trinajstić information content (AvgIpc) is 2.24. The first-order valence-corrected chi connectivity index (χ1v) is 5.14. The smallest absolute Gasteiger partial charge is 0.126 e. The Hall–Kier alpha value is -1.09. The van der Waals surface area contributed by atoms with Gasteiger partial charge in [0.2, 0.25) is 0 Å². The number of aromatic nitrogens is 1. The molecule has 1 aromatic heterocycles. The fourth-order valence-corrected chi connectivity index (χ4v) is 1.12. The van der Waals surface area contributed by atoms with Crippen molar-refractivity contribution in [1.82, 2.24) is 4.98 Å². The van der Waals surface area contributed by atoms with E-state index in [0.29, 0.717) is 6.61 Å². The summed E-state index contributed by atoms with van der Waals surface area (Å²) >= 11 is 0. The number of hydrogen-bond acceptors (Lipinski definition) is 3. The molecular weight excluding hydrogens is 176 g/mol. The van der Waals surface area contributed by atoms with E-state index in [4.69, 9.17) is 4.74 Å². The lowest BCUT2D eigenvalue weighted by Gasteiger charge is -2.06. The number of rotatable bonds is 6. The van der Waals surface area contributed by atoms with Gasteiger partial charge in [0, 0.05) is 13.2 Å². The molecule has 0 amide bonds. The summed E-state index contributed by atoms with van der Waals surface area (Å²) in [6.07, 6.45) is 1.11. The van der Waals surface area contributed by atoms with Gasteiger partial charge >= 0.3 is 0 Å². The molecule has 0 radical (unpaired) electrons. The van der Waals surface area contributed by atoms with Crippen molar-refractivity contribution in [3.63, 3.8) is 0 Å². The van der Waals surface area contributed by atoms with Crippen LogP contribution in [0.5, 0.6) is 0 Å². The van der Waals surface area contributed by atoms with Crippen LogP contribution >= 0.6 is 0 Å². The highest BCUT2D eigenvalue weighted by atomic mass is 16.5. The molecule has 0 atom stereocenters. The van der Waals surface area contributed by atoms with Gasteiger partial charge in [0.25, 0.3) is 0 Å². The van der Waals surface area contributed by atoms with Gasteiger partial charge in [0.05, 0.1) is 12.3 Å². The van der Waals surface area contributed by atoms with Crippen molar-refractivity contribution in [2.75, 3.05) is 18.5 Å². The summed E-state index contributed by atoms with van der Waals surface area (Å²) in [6.45, 7) is 6.41. The van der Waals surface area contributed by atoms with Crippen molar-refractivity contribution in [3.8, 4) is 0 Å². The SMILES string of the molecule is CCCNc1cccc(COCC)n1. The molecule has 0 saturated heterocycles. The van der Waals surface area contributed by atoms with E-state index in [-0.39, 0.29) is 0 Å². The van der Waals surface area contributed by atoms with Crippen molar-refractivity contribution in [2.24, 2.45) is 0 Å². The van der Waals surface area contributed by atoms with Gasteiger partial charge < -0.3 is 10.1 Å². The quantitative estimate of drug-likeness (QED) is 0.755. The van der Waals surface area contributed by atoms with Crippen LogP contribution in [-0.4, -0.2) is 18.1 Å². The molecule has 78 valence electrons. The van der Waals surface area contributed by atoms with Gasteiger partial charge in [0.15, 0.2) is 0 Å². The van der Waals surface area contributed by atoms with Gasteiger partial charge in [-0.1, -0.05) is 13.0 Å². The Morgan fingerprint density at radius 2 is 2.21 bits per heavy atom. The van der Waals surface area contributed by atoms with Gasteiger partial charge in [-0.15, -0.1) is 0 Å². The summed E-state index contributed by atoms with van der Waals surface area (Å²) in [5, 5.41) is 3.24. The molecule has 1 rings (SSSR count). The first-order chi connectivity index (χ1) is 6.86. The van der Waals surface area contributed by atoms with Gasteiger partial charge in [-0.2, -0.15) is 0 Å². The van der Waals surface area contributed by atoms with Crippen LogP contribution in [0.2, 0.25) is 0 Å². The Kier molecular flexibility index (Phi) is 5.00. The van der Waals surface area contributed by atoms with Crippen molar-refractivity contribution < 1.29 is 4.74 Å². The first kappa shape index (κ1) is 11.0. The molecule has 0 aliphatic heterocycles. The van der Waals surface area contributed by atoms with Crippen molar-refractivity contribution in [2.45, 2.75) is 26.9 Å². The van der Waals surface area contributed by atoms with Gasteiger partial charge in [0.1, 0.15) is 5.82 Å². The predicted octanol–water partition coefficient (Wildman–Crippen LogP) is 2.44. The summed E-state index contributed by atoms with van der Waals surface area (Å²) in [7, 11) is 0. The Morgan fingerprint density at radius 3 is 2.93 bits per heavy atom. The Balaban J connectivity index is 2.50. The van der Waals surface area contributed by atoms with Crippen LogP contribution in [0, 0.1) is 0 Å². The molecule has 0 spiro atoms. The standard InChI is InChI=1S/C11H18N2O/c1-3-8-12-11-7-5-6-10(13-11)9-14-4-2/h5-7H,3-4,8-9H2,1-2H3,(H,12,13). The Morgan fingerprint density at radius 1 is 1.36 bits per heavy atom. The number of nitrogens with zero attached hydrogens (tertiary/aromatic N) is 1. The number of nitrogens with one attached hydrogen (secondary N) is 1. The monoisotopic (exact) mass is 194 g/mol. The average molecular weight is 194 g/mol. The lowest BCUT2D eigenvalue weighted by Crippen LogP contribution is -2.03. The van der Waals surface area contributed by atoms with E-state index in [1.807, 2.05) is 25.1 Å².